The lowest BCUT2D eigenvalue weighted by atomic mass is 10.1. The molecule has 3 aromatic carbocycles. The van der Waals surface area contributed by atoms with E-state index in [-0.39, 0.29) is 11.5 Å². The van der Waals surface area contributed by atoms with Gasteiger partial charge in [-0.1, -0.05) is 42.5 Å². The second-order valence-electron chi connectivity index (χ2n) is 9.05. The largest absolute Gasteiger partial charge is 0.342 e. The molecule has 0 fully saturated rings. The molecule has 3 N–H and O–H groups in total. The van der Waals surface area contributed by atoms with Gasteiger partial charge in [-0.15, -0.1) is 0 Å². The first-order valence-corrected chi connectivity index (χ1v) is 11.7. The molecule has 7 nitrogen and oxygen atoms in total. The molecule has 7 heteroatoms. The van der Waals surface area contributed by atoms with Crippen LogP contribution in [0.1, 0.15) is 23.6 Å². The van der Waals surface area contributed by atoms with E-state index in [0.717, 1.165) is 50.8 Å². The number of amides is 1. The van der Waals surface area contributed by atoms with Crippen molar-refractivity contribution in [1.29, 1.82) is 0 Å². The van der Waals surface area contributed by atoms with Crippen LogP contribution in [0.5, 0.6) is 0 Å². The predicted molar refractivity (Wildman–Crippen MR) is 138 cm³/mol. The fourth-order valence-corrected chi connectivity index (χ4v) is 5.10. The van der Waals surface area contributed by atoms with Crippen molar-refractivity contribution in [3.05, 3.63) is 93.9 Å². The van der Waals surface area contributed by atoms with Crippen molar-refractivity contribution in [3.8, 4) is 11.3 Å². The van der Waals surface area contributed by atoms with Crippen LogP contribution in [0.25, 0.3) is 33.2 Å². The van der Waals surface area contributed by atoms with Crippen LogP contribution in [-0.4, -0.2) is 27.0 Å². The second kappa shape index (κ2) is 8.21. The summed E-state index contributed by atoms with van der Waals surface area (Å²) in [4.78, 5) is 34.8. The quantitative estimate of drug-likeness (QED) is 0.422. The van der Waals surface area contributed by atoms with Gasteiger partial charge in [0, 0.05) is 54.9 Å². The van der Waals surface area contributed by atoms with Crippen LogP contribution in [0.3, 0.4) is 0 Å². The van der Waals surface area contributed by atoms with Gasteiger partial charge in [-0.3, -0.25) is 9.59 Å². The number of hydrogen-bond acceptors (Lipinski definition) is 4. The van der Waals surface area contributed by atoms with E-state index in [1.165, 1.54) is 0 Å². The molecule has 1 aliphatic rings. The highest BCUT2D eigenvalue weighted by atomic mass is 16.2. The lowest BCUT2D eigenvalue weighted by molar-refractivity contribution is -0.116. The highest BCUT2D eigenvalue weighted by Crippen LogP contribution is 2.33. The Labute approximate surface area is 201 Å². The zero-order chi connectivity index (χ0) is 24.1. The molecule has 0 radical (unpaired) electrons. The zero-order valence-corrected chi connectivity index (χ0v) is 19.4. The van der Waals surface area contributed by atoms with Gasteiger partial charge in [0.05, 0.1) is 11.0 Å². The number of benzene rings is 3. The van der Waals surface area contributed by atoms with Crippen LogP contribution in [0.4, 0.5) is 5.69 Å². The SMILES string of the molecule is CC(=O)N1CCc2cc3nc(-c4cn(Cc5cccc(CN)c5)c5ccccc45)c(=O)[nH]c3cc21. The lowest BCUT2D eigenvalue weighted by Gasteiger charge is -2.15. The number of anilines is 1. The average molecular weight is 464 g/mol. The first-order valence-electron chi connectivity index (χ1n) is 11.7. The summed E-state index contributed by atoms with van der Waals surface area (Å²) in [6.07, 6.45) is 2.79. The summed E-state index contributed by atoms with van der Waals surface area (Å²) in [6, 6.07) is 20.2. The number of rotatable bonds is 4. The third-order valence-corrected chi connectivity index (χ3v) is 6.79. The van der Waals surface area contributed by atoms with Crippen LogP contribution in [0.15, 0.2) is 71.7 Å². The molecule has 2 aromatic heterocycles. The smallest absolute Gasteiger partial charge is 0.275 e. The van der Waals surface area contributed by atoms with Gasteiger partial charge in [0.1, 0.15) is 5.69 Å². The Morgan fingerprint density at radius 1 is 1.09 bits per heavy atom. The number of H-pyrrole nitrogens is 1. The monoisotopic (exact) mass is 463 g/mol. The number of para-hydroxylation sites is 1. The highest BCUT2D eigenvalue weighted by molar-refractivity contribution is 5.98. The summed E-state index contributed by atoms with van der Waals surface area (Å²) in [7, 11) is 0. The molecule has 35 heavy (non-hydrogen) atoms. The maximum absolute atomic E-state index is 13.2. The van der Waals surface area contributed by atoms with Gasteiger partial charge in [0.15, 0.2) is 0 Å². The summed E-state index contributed by atoms with van der Waals surface area (Å²) in [5, 5.41) is 0.976. The molecule has 0 atom stereocenters. The molecule has 0 unspecified atom stereocenters. The molecule has 0 saturated heterocycles. The highest BCUT2D eigenvalue weighted by Gasteiger charge is 2.24. The number of fused-ring (bicyclic) bond motifs is 3. The van der Waals surface area contributed by atoms with Crippen molar-refractivity contribution >= 4 is 33.5 Å². The molecule has 174 valence electrons. The maximum atomic E-state index is 13.2. The van der Waals surface area contributed by atoms with Gasteiger partial charge in [0.2, 0.25) is 5.91 Å². The van der Waals surface area contributed by atoms with Gasteiger partial charge < -0.3 is 20.2 Å². The van der Waals surface area contributed by atoms with Crippen LogP contribution in [0.2, 0.25) is 0 Å². The minimum Gasteiger partial charge on any atom is -0.342 e. The van der Waals surface area contributed by atoms with E-state index in [1.54, 1.807) is 11.8 Å². The molecule has 0 spiro atoms. The van der Waals surface area contributed by atoms with Crippen molar-refractivity contribution in [2.45, 2.75) is 26.4 Å². The second-order valence-corrected chi connectivity index (χ2v) is 9.05. The van der Waals surface area contributed by atoms with Crippen LogP contribution in [0, 0.1) is 0 Å². The normalized spacial score (nSPS) is 13.0. The van der Waals surface area contributed by atoms with Crippen molar-refractivity contribution < 1.29 is 4.79 Å². The Bertz CT molecular complexity index is 1680. The lowest BCUT2D eigenvalue weighted by Crippen LogP contribution is -2.25. The van der Waals surface area contributed by atoms with E-state index < -0.39 is 0 Å². The van der Waals surface area contributed by atoms with Crippen molar-refractivity contribution in [2.75, 3.05) is 11.4 Å². The zero-order valence-electron chi connectivity index (χ0n) is 19.4. The number of nitrogens with one attached hydrogen (secondary N) is 1. The molecular weight excluding hydrogens is 438 g/mol. The number of nitrogens with zero attached hydrogens (tertiary/aromatic N) is 3. The minimum atomic E-state index is -0.252. The van der Waals surface area contributed by atoms with E-state index in [9.17, 15) is 9.59 Å². The summed E-state index contributed by atoms with van der Waals surface area (Å²) in [5.41, 5.74) is 13.3. The van der Waals surface area contributed by atoms with E-state index in [0.29, 0.717) is 30.8 Å². The molecule has 0 saturated carbocycles. The first kappa shape index (κ1) is 21.3. The fraction of sp³-hybridized carbons (Fsp3) is 0.179. The Kier molecular flexibility index (Phi) is 5.00. The number of aromatic amines is 1. The Hall–Kier alpha value is -4.23. The van der Waals surface area contributed by atoms with Gasteiger partial charge in [0.25, 0.3) is 5.56 Å². The Balaban J connectivity index is 1.48. The van der Waals surface area contributed by atoms with Crippen LogP contribution < -0.4 is 16.2 Å². The molecular formula is C28H25N5O2. The maximum Gasteiger partial charge on any atom is 0.275 e. The molecule has 1 amide bonds. The summed E-state index contributed by atoms with van der Waals surface area (Å²) in [6.45, 7) is 3.37. The summed E-state index contributed by atoms with van der Waals surface area (Å²) >= 11 is 0. The molecule has 3 heterocycles. The Morgan fingerprint density at radius 3 is 2.74 bits per heavy atom. The summed E-state index contributed by atoms with van der Waals surface area (Å²) < 4.78 is 2.15. The number of aromatic nitrogens is 3. The molecule has 0 bridgehead atoms. The fourth-order valence-electron chi connectivity index (χ4n) is 5.10. The van der Waals surface area contributed by atoms with E-state index in [1.807, 2.05) is 48.7 Å². The standard InChI is InChI=1S/C28H25N5O2/c1-17(34)33-10-9-20-12-23-24(13-26(20)33)31-28(35)27(30-23)22-16-32(25-8-3-2-7-21(22)25)15-19-6-4-5-18(11-19)14-29/h2-8,11-13,16H,9-10,14-15,29H2,1H3,(H,31,35). The Morgan fingerprint density at radius 2 is 1.91 bits per heavy atom. The van der Waals surface area contributed by atoms with Gasteiger partial charge in [-0.05, 0) is 41.3 Å². The average Bonchev–Trinajstić information content (AvgIpc) is 3.44. The third-order valence-electron chi connectivity index (χ3n) is 6.79. The first-order chi connectivity index (χ1) is 17.0. The number of carbonyl (C=O) groups is 1. The van der Waals surface area contributed by atoms with Crippen molar-refractivity contribution in [2.24, 2.45) is 5.73 Å². The van der Waals surface area contributed by atoms with Crippen molar-refractivity contribution in [3.63, 3.8) is 0 Å². The number of carbonyl (C=O) groups excluding carboxylic acids is 1. The third kappa shape index (κ3) is 3.61. The molecule has 0 aliphatic carbocycles. The molecule has 5 aromatic rings. The van der Waals surface area contributed by atoms with E-state index in [2.05, 4.69) is 27.8 Å². The molecule has 6 rings (SSSR count). The van der Waals surface area contributed by atoms with Gasteiger partial charge in [-0.2, -0.15) is 0 Å². The van der Waals surface area contributed by atoms with E-state index in [4.69, 9.17) is 10.7 Å². The molecule has 1 aliphatic heterocycles. The van der Waals surface area contributed by atoms with Gasteiger partial charge >= 0.3 is 0 Å². The van der Waals surface area contributed by atoms with Gasteiger partial charge in [-0.25, -0.2) is 4.98 Å². The number of nitrogens with two attached hydrogens (primary N) is 1. The predicted octanol–water partition coefficient (Wildman–Crippen LogP) is 3.96. The summed E-state index contributed by atoms with van der Waals surface area (Å²) in [5.74, 6) is -0.000152. The minimum absolute atomic E-state index is 0.000152. The van der Waals surface area contributed by atoms with Crippen LogP contribution in [-0.2, 0) is 24.3 Å². The van der Waals surface area contributed by atoms with E-state index >= 15 is 0 Å². The van der Waals surface area contributed by atoms with Crippen LogP contribution >= 0.6 is 0 Å². The number of hydrogen-bond donors (Lipinski definition) is 2. The van der Waals surface area contributed by atoms with Crippen molar-refractivity contribution in [1.82, 2.24) is 14.5 Å². The topological polar surface area (TPSA) is 97.0 Å².